The summed E-state index contributed by atoms with van der Waals surface area (Å²) in [7, 11) is 0. The second-order valence-electron chi connectivity index (χ2n) is 3.95. The molecule has 0 atom stereocenters. The van der Waals surface area contributed by atoms with Gasteiger partial charge in [-0.05, 0) is 24.3 Å². The van der Waals surface area contributed by atoms with Crippen molar-refractivity contribution in [1.82, 2.24) is 14.6 Å². The van der Waals surface area contributed by atoms with Crippen LogP contribution in [0.25, 0.3) is 17.0 Å². The molecule has 5 nitrogen and oxygen atoms in total. The molecule has 3 rings (SSSR count). The van der Waals surface area contributed by atoms with Crippen molar-refractivity contribution in [3.63, 3.8) is 0 Å². The number of carboxylic acid groups (broad SMARTS) is 1. The van der Waals surface area contributed by atoms with E-state index < -0.39 is 11.8 Å². The Kier molecular flexibility index (Phi) is 2.49. The highest BCUT2D eigenvalue weighted by Crippen LogP contribution is 2.21. The molecule has 19 heavy (non-hydrogen) atoms. The largest absolute Gasteiger partial charge is 0.478 e. The Hall–Kier alpha value is -2.76. The molecule has 0 saturated heterocycles. The molecule has 2 aromatic heterocycles. The first-order valence-electron chi connectivity index (χ1n) is 5.50. The molecule has 0 saturated carbocycles. The number of halogens is 1. The zero-order chi connectivity index (χ0) is 13.4. The van der Waals surface area contributed by atoms with Crippen LogP contribution in [0.2, 0.25) is 0 Å². The molecule has 2 heterocycles. The van der Waals surface area contributed by atoms with Crippen LogP contribution in [0.15, 0.2) is 42.6 Å². The summed E-state index contributed by atoms with van der Waals surface area (Å²) in [5.74, 6) is -1.22. The van der Waals surface area contributed by atoms with Gasteiger partial charge in [0.2, 0.25) is 0 Å². The van der Waals surface area contributed by atoms with Crippen molar-refractivity contribution >= 4 is 11.6 Å². The van der Waals surface area contributed by atoms with Crippen molar-refractivity contribution in [2.45, 2.75) is 0 Å². The average Bonchev–Trinajstić information content (AvgIpc) is 2.82. The lowest BCUT2D eigenvalue weighted by atomic mass is 10.2. The van der Waals surface area contributed by atoms with Gasteiger partial charge in [0.25, 0.3) is 0 Å². The number of carbonyl (C=O) groups is 1. The number of aromatic carboxylic acids is 1. The van der Waals surface area contributed by atoms with E-state index in [0.717, 1.165) is 0 Å². The van der Waals surface area contributed by atoms with E-state index in [0.29, 0.717) is 5.65 Å². The fraction of sp³-hybridized carbons (Fsp3) is 0. The normalized spacial score (nSPS) is 10.8. The smallest absolute Gasteiger partial charge is 0.337 e. The highest BCUT2D eigenvalue weighted by Gasteiger charge is 2.13. The van der Waals surface area contributed by atoms with Gasteiger partial charge in [-0.1, -0.05) is 12.1 Å². The van der Waals surface area contributed by atoms with E-state index in [1.54, 1.807) is 18.2 Å². The van der Waals surface area contributed by atoms with Crippen molar-refractivity contribution < 1.29 is 14.3 Å². The van der Waals surface area contributed by atoms with Crippen LogP contribution in [0.1, 0.15) is 10.4 Å². The molecule has 0 spiro atoms. The van der Waals surface area contributed by atoms with Gasteiger partial charge >= 0.3 is 5.97 Å². The Morgan fingerprint density at radius 3 is 2.68 bits per heavy atom. The van der Waals surface area contributed by atoms with Crippen molar-refractivity contribution in [3.05, 3.63) is 54.0 Å². The van der Waals surface area contributed by atoms with Crippen LogP contribution in [0.5, 0.6) is 0 Å². The second kappa shape index (κ2) is 4.16. The highest BCUT2D eigenvalue weighted by atomic mass is 19.1. The van der Waals surface area contributed by atoms with E-state index in [-0.39, 0.29) is 17.0 Å². The number of hydrogen-bond acceptors (Lipinski definition) is 3. The van der Waals surface area contributed by atoms with Gasteiger partial charge in [0, 0.05) is 6.20 Å². The fourth-order valence-corrected chi connectivity index (χ4v) is 1.84. The Morgan fingerprint density at radius 2 is 1.95 bits per heavy atom. The predicted octanol–water partition coefficient (Wildman–Crippen LogP) is 2.23. The minimum atomic E-state index is -1.06. The molecule has 0 unspecified atom stereocenters. The molecular weight excluding hydrogens is 249 g/mol. The summed E-state index contributed by atoms with van der Waals surface area (Å²) in [6, 6.07) is 9.10. The molecule has 0 aliphatic carbocycles. The Morgan fingerprint density at radius 1 is 1.16 bits per heavy atom. The number of benzene rings is 1. The summed E-state index contributed by atoms with van der Waals surface area (Å²) in [6.07, 6.45) is 1.37. The molecular formula is C13H8FN3O2. The Labute approximate surface area is 107 Å². The minimum Gasteiger partial charge on any atom is -0.478 e. The van der Waals surface area contributed by atoms with Crippen LogP contribution in [0.3, 0.4) is 0 Å². The second-order valence-corrected chi connectivity index (χ2v) is 3.95. The number of aromatic nitrogens is 3. The lowest BCUT2D eigenvalue weighted by Crippen LogP contribution is -2.00. The van der Waals surface area contributed by atoms with Crippen LogP contribution in [-0.2, 0) is 0 Å². The maximum atomic E-state index is 13.7. The topological polar surface area (TPSA) is 67.5 Å². The van der Waals surface area contributed by atoms with Gasteiger partial charge in [-0.25, -0.2) is 9.18 Å². The molecule has 3 aromatic rings. The fourth-order valence-electron chi connectivity index (χ4n) is 1.84. The number of rotatable bonds is 2. The summed E-state index contributed by atoms with van der Waals surface area (Å²) in [5.41, 5.74) is 0.825. The van der Waals surface area contributed by atoms with Gasteiger partial charge in [0.15, 0.2) is 11.5 Å². The van der Waals surface area contributed by atoms with E-state index in [2.05, 4.69) is 10.2 Å². The molecule has 0 aliphatic rings. The Balaban J connectivity index is 2.27. The lowest BCUT2D eigenvalue weighted by Gasteiger charge is -2.02. The van der Waals surface area contributed by atoms with E-state index in [4.69, 9.17) is 5.11 Å². The summed E-state index contributed by atoms with van der Waals surface area (Å²) in [6.45, 7) is 0. The SMILES string of the molecule is O=C(O)c1ccc2nnc(-c3ccccc3F)n2c1. The number of nitrogens with zero attached hydrogens (tertiary/aromatic N) is 3. The third-order valence-electron chi connectivity index (χ3n) is 2.76. The third-order valence-corrected chi connectivity index (χ3v) is 2.76. The number of pyridine rings is 1. The van der Waals surface area contributed by atoms with Gasteiger partial charge in [-0.2, -0.15) is 0 Å². The van der Waals surface area contributed by atoms with Gasteiger partial charge < -0.3 is 5.11 Å². The van der Waals surface area contributed by atoms with Crippen molar-refractivity contribution in [2.24, 2.45) is 0 Å². The maximum Gasteiger partial charge on any atom is 0.337 e. The van der Waals surface area contributed by atoms with Crippen molar-refractivity contribution in [2.75, 3.05) is 0 Å². The molecule has 0 amide bonds. The predicted molar refractivity (Wildman–Crippen MR) is 65.3 cm³/mol. The first kappa shape index (κ1) is 11.3. The molecule has 94 valence electrons. The molecule has 0 bridgehead atoms. The van der Waals surface area contributed by atoms with Crippen LogP contribution >= 0.6 is 0 Å². The minimum absolute atomic E-state index is 0.0879. The summed E-state index contributed by atoms with van der Waals surface area (Å²) in [4.78, 5) is 11.0. The molecule has 1 N–H and O–H groups in total. The summed E-state index contributed by atoms with van der Waals surface area (Å²) >= 11 is 0. The number of hydrogen-bond donors (Lipinski definition) is 1. The molecule has 1 aromatic carbocycles. The first-order valence-corrected chi connectivity index (χ1v) is 5.50. The van der Waals surface area contributed by atoms with Crippen LogP contribution in [0, 0.1) is 5.82 Å². The average molecular weight is 257 g/mol. The monoisotopic (exact) mass is 257 g/mol. The van der Waals surface area contributed by atoms with E-state index in [9.17, 15) is 9.18 Å². The summed E-state index contributed by atoms with van der Waals surface area (Å²) in [5, 5.41) is 16.8. The van der Waals surface area contributed by atoms with Crippen LogP contribution < -0.4 is 0 Å². The number of fused-ring (bicyclic) bond motifs is 1. The Bertz CT molecular complexity index is 782. The highest BCUT2D eigenvalue weighted by molar-refractivity contribution is 5.87. The lowest BCUT2D eigenvalue weighted by molar-refractivity contribution is 0.0696. The molecule has 6 heteroatoms. The van der Waals surface area contributed by atoms with E-state index >= 15 is 0 Å². The van der Waals surface area contributed by atoms with Crippen LogP contribution in [0.4, 0.5) is 4.39 Å². The van der Waals surface area contributed by atoms with E-state index in [1.165, 1.54) is 28.8 Å². The molecule has 0 fully saturated rings. The third kappa shape index (κ3) is 1.83. The van der Waals surface area contributed by atoms with Gasteiger partial charge in [0.1, 0.15) is 5.82 Å². The summed E-state index contributed by atoms with van der Waals surface area (Å²) < 4.78 is 15.2. The van der Waals surface area contributed by atoms with Crippen LogP contribution in [-0.4, -0.2) is 25.7 Å². The van der Waals surface area contributed by atoms with Gasteiger partial charge in [0.05, 0.1) is 11.1 Å². The zero-order valence-corrected chi connectivity index (χ0v) is 9.62. The van der Waals surface area contributed by atoms with Gasteiger partial charge in [-0.3, -0.25) is 4.40 Å². The van der Waals surface area contributed by atoms with Crippen molar-refractivity contribution in [3.8, 4) is 11.4 Å². The van der Waals surface area contributed by atoms with Crippen molar-refractivity contribution in [1.29, 1.82) is 0 Å². The maximum absolute atomic E-state index is 13.7. The number of carboxylic acids is 1. The quantitative estimate of drug-likeness (QED) is 0.764. The van der Waals surface area contributed by atoms with Gasteiger partial charge in [-0.15, -0.1) is 10.2 Å². The standard InChI is InChI=1S/C13H8FN3O2/c14-10-4-2-1-3-9(10)12-16-15-11-6-5-8(13(18)19)7-17(11)12/h1-7H,(H,18,19). The van der Waals surface area contributed by atoms with E-state index in [1.807, 2.05) is 0 Å². The zero-order valence-electron chi connectivity index (χ0n) is 9.62. The molecule has 0 radical (unpaired) electrons. The molecule has 0 aliphatic heterocycles. The first-order chi connectivity index (χ1) is 9.16.